The predicted molar refractivity (Wildman–Crippen MR) is 58.0 cm³/mol. The number of benzene rings is 1. The lowest BCUT2D eigenvalue weighted by molar-refractivity contribution is -0.274. The van der Waals surface area contributed by atoms with Crippen molar-refractivity contribution >= 4 is 0 Å². The van der Waals surface area contributed by atoms with Gasteiger partial charge in [-0.25, -0.2) is 4.98 Å². The quantitative estimate of drug-likeness (QED) is 0.672. The zero-order valence-electron chi connectivity index (χ0n) is 9.28. The third-order valence-electron chi connectivity index (χ3n) is 2.23. The lowest BCUT2D eigenvalue weighted by Gasteiger charge is -2.13. The van der Waals surface area contributed by atoms with Gasteiger partial charge < -0.3 is 9.84 Å². The highest BCUT2D eigenvalue weighted by Crippen LogP contribution is 2.35. The standard InChI is InChI=1S/C12H7F4NO2/c13-11-9(5-7(18)6-17-11)8-3-1-2-4-10(8)19-12(14,15)16/h1-6,18H. The van der Waals surface area contributed by atoms with Crippen LogP contribution in [0.2, 0.25) is 0 Å². The summed E-state index contributed by atoms with van der Waals surface area (Å²) in [6.07, 6.45) is -4.04. The molecule has 0 saturated carbocycles. The summed E-state index contributed by atoms with van der Waals surface area (Å²) in [6, 6.07) is 5.99. The van der Waals surface area contributed by atoms with Crippen molar-refractivity contribution in [2.24, 2.45) is 0 Å². The molecule has 0 atom stereocenters. The van der Waals surface area contributed by atoms with E-state index in [0.717, 1.165) is 18.3 Å². The highest BCUT2D eigenvalue weighted by atomic mass is 19.4. The van der Waals surface area contributed by atoms with Crippen LogP contribution in [-0.4, -0.2) is 16.5 Å². The Morgan fingerprint density at radius 2 is 1.79 bits per heavy atom. The Balaban J connectivity index is 2.53. The van der Waals surface area contributed by atoms with Gasteiger partial charge >= 0.3 is 6.36 Å². The van der Waals surface area contributed by atoms with Gasteiger partial charge in [-0.3, -0.25) is 0 Å². The number of hydrogen-bond acceptors (Lipinski definition) is 3. The molecule has 2 aromatic rings. The van der Waals surface area contributed by atoms with Crippen LogP contribution in [0.5, 0.6) is 11.5 Å². The Bertz CT molecular complexity index is 599. The van der Waals surface area contributed by atoms with Crippen LogP contribution >= 0.6 is 0 Å². The number of aromatic nitrogens is 1. The molecule has 0 fully saturated rings. The minimum absolute atomic E-state index is 0.152. The van der Waals surface area contributed by atoms with Crippen molar-refractivity contribution in [3.8, 4) is 22.6 Å². The van der Waals surface area contributed by atoms with Crippen molar-refractivity contribution in [3.63, 3.8) is 0 Å². The fourth-order valence-electron chi connectivity index (χ4n) is 1.53. The molecular formula is C12H7F4NO2. The van der Waals surface area contributed by atoms with Gasteiger partial charge in [-0.05, 0) is 12.1 Å². The second-order valence-corrected chi connectivity index (χ2v) is 3.58. The number of para-hydroxylation sites is 1. The molecule has 2 rings (SSSR count). The summed E-state index contributed by atoms with van der Waals surface area (Å²) in [6.45, 7) is 0. The summed E-state index contributed by atoms with van der Waals surface area (Å²) in [7, 11) is 0. The van der Waals surface area contributed by atoms with Crippen molar-refractivity contribution in [2.45, 2.75) is 6.36 Å². The molecule has 0 aliphatic heterocycles. The van der Waals surface area contributed by atoms with Gasteiger partial charge in [0.05, 0.1) is 6.20 Å². The van der Waals surface area contributed by atoms with Gasteiger partial charge in [0.1, 0.15) is 11.5 Å². The zero-order valence-corrected chi connectivity index (χ0v) is 9.28. The van der Waals surface area contributed by atoms with Crippen molar-refractivity contribution in [1.29, 1.82) is 0 Å². The van der Waals surface area contributed by atoms with E-state index in [4.69, 9.17) is 0 Å². The van der Waals surface area contributed by atoms with Gasteiger partial charge in [0.25, 0.3) is 0 Å². The first-order valence-electron chi connectivity index (χ1n) is 5.06. The molecule has 0 bridgehead atoms. The summed E-state index contributed by atoms with van der Waals surface area (Å²) in [5.41, 5.74) is -0.430. The first-order valence-corrected chi connectivity index (χ1v) is 5.06. The lowest BCUT2D eigenvalue weighted by atomic mass is 10.1. The van der Waals surface area contributed by atoms with Crippen LogP contribution in [0, 0.1) is 5.95 Å². The number of aromatic hydroxyl groups is 1. The van der Waals surface area contributed by atoms with Crippen molar-refractivity contribution in [2.75, 3.05) is 0 Å². The van der Waals surface area contributed by atoms with Crippen LogP contribution in [0.3, 0.4) is 0 Å². The van der Waals surface area contributed by atoms with Crippen LogP contribution in [0.1, 0.15) is 0 Å². The van der Waals surface area contributed by atoms with E-state index in [-0.39, 0.29) is 16.9 Å². The van der Waals surface area contributed by atoms with Crippen molar-refractivity contribution in [3.05, 3.63) is 42.5 Å². The number of pyridine rings is 1. The van der Waals surface area contributed by atoms with Gasteiger partial charge in [0.2, 0.25) is 5.95 Å². The van der Waals surface area contributed by atoms with E-state index in [9.17, 15) is 22.7 Å². The summed E-state index contributed by atoms with van der Waals surface area (Å²) in [5.74, 6) is -1.93. The number of alkyl halides is 3. The maximum atomic E-state index is 13.5. The smallest absolute Gasteiger partial charge is 0.506 e. The predicted octanol–water partition coefficient (Wildman–Crippen LogP) is 3.49. The molecule has 0 unspecified atom stereocenters. The topological polar surface area (TPSA) is 42.4 Å². The van der Waals surface area contributed by atoms with E-state index < -0.39 is 18.1 Å². The van der Waals surface area contributed by atoms with E-state index in [1.165, 1.54) is 18.2 Å². The van der Waals surface area contributed by atoms with Gasteiger partial charge in [-0.2, -0.15) is 4.39 Å². The van der Waals surface area contributed by atoms with Crippen LogP contribution in [0.15, 0.2) is 36.5 Å². The zero-order chi connectivity index (χ0) is 14.0. The SMILES string of the molecule is Oc1cnc(F)c(-c2ccccc2OC(F)(F)F)c1. The van der Waals surface area contributed by atoms with Crippen LogP contribution in [0.4, 0.5) is 17.6 Å². The third kappa shape index (κ3) is 3.12. The number of hydrogen-bond donors (Lipinski definition) is 1. The fraction of sp³-hybridized carbons (Fsp3) is 0.0833. The fourth-order valence-corrected chi connectivity index (χ4v) is 1.53. The largest absolute Gasteiger partial charge is 0.573 e. The van der Waals surface area contributed by atoms with Crippen molar-refractivity contribution in [1.82, 2.24) is 4.98 Å². The van der Waals surface area contributed by atoms with E-state index in [2.05, 4.69) is 9.72 Å². The Kier molecular flexibility index (Phi) is 3.28. The third-order valence-corrected chi connectivity index (χ3v) is 2.23. The number of halogens is 4. The molecule has 1 heterocycles. The molecule has 0 spiro atoms. The number of ether oxygens (including phenoxy) is 1. The average molecular weight is 273 g/mol. The van der Waals surface area contributed by atoms with E-state index in [1.807, 2.05) is 0 Å². The summed E-state index contributed by atoms with van der Waals surface area (Å²) in [4.78, 5) is 3.24. The van der Waals surface area contributed by atoms with Crippen molar-refractivity contribution < 1.29 is 27.4 Å². The van der Waals surface area contributed by atoms with Gasteiger partial charge in [0.15, 0.2) is 0 Å². The summed E-state index contributed by atoms with van der Waals surface area (Å²) in [5, 5.41) is 9.23. The molecule has 1 aromatic heterocycles. The Labute approximate surface area is 105 Å². The van der Waals surface area contributed by atoms with E-state index in [1.54, 1.807) is 0 Å². The average Bonchev–Trinajstić information content (AvgIpc) is 2.31. The van der Waals surface area contributed by atoms with Crippen LogP contribution in [-0.2, 0) is 0 Å². The summed E-state index contributed by atoms with van der Waals surface area (Å²) < 4.78 is 54.0. The second-order valence-electron chi connectivity index (χ2n) is 3.58. The van der Waals surface area contributed by atoms with E-state index in [0.29, 0.717) is 0 Å². The molecule has 0 aliphatic carbocycles. The Morgan fingerprint density at radius 3 is 2.47 bits per heavy atom. The molecule has 7 heteroatoms. The normalized spacial score (nSPS) is 11.4. The molecule has 0 saturated heterocycles. The Hall–Kier alpha value is -2.31. The number of rotatable bonds is 2. The molecule has 0 aliphatic rings. The van der Waals surface area contributed by atoms with Crippen LogP contribution < -0.4 is 4.74 Å². The molecule has 1 N–H and O–H groups in total. The van der Waals surface area contributed by atoms with Gasteiger partial charge in [-0.1, -0.05) is 18.2 Å². The van der Waals surface area contributed by atoms with Gasteiger partial charge in [0, 0.05) is 11.1 Å². The lowest BCUT2D eigenvalue weighted by Crippen LogP contribution is -2.17. The Morgan fingerprint density at radius 1 is 1.11 bits per heavy atom. The first kappa shape index (κ1) is 13.1. The minimum atomic E-state index is -4.89. The molecule has 1 aromatic carbocycles. The summed E-state index contributed by atoms with van der Waals surface area (Å²) >= 11 is 0. The van der Waals surface area contributed by atoms with E-state index >= 15 is 0 Å². The molecule has 3 nitrogen and oxygen atoms in total. The maximum absolute atomic E-state index is 13.5. The monoisotopic (exact) mass is 273 g/mol. The molecule has 100 valence electrons. The van der Waals surface area contributed by atoms with Crippen LogP contribution in [0.25, 0.3) is 11.1 Å². The molecular weight excluding hydrogens is 266 g/mol. The minimum Gasteiger partial charge on any atom is -0.506 e. The first-order chi connectivity index (χ1) is 8.87. The molecule has 0 amide bonds. The number of nitrogens with zero attached hydrogens (tertiary/aromatic N) is 1. The maximum Gasteiger partial charge on any atom is 0.573 e. The highest BCUT2D eigenvalue weighted by molar-refractivity contribution is 5.71. The second kappa shape index (κ2) is 4.75. The molecule has 19 heavy (non-hydrogen) atoms. The highest BCUT2D eigenvalue weighted by Gasteiger charge is 2.32. The molecule has 0 radical (unpaired) electrons. The van der Waals surface area contributed by atoms with Gasteiger partial charge in [-0.15, -0.1) is 13.2 Å².